The monoisotopic (exact) mass is 195 g/mol. The summed E-state index contributed by atoms with van der Waals surface area (Å²) in [5.74, 6) is 0. The Labute approximate surface area is 74.7 Å². The average Bonchev–Trinajstić information content (AvgIpc) is 1.83. The van der Waals surface area contributed by atoms with E-state index in [4.69, 9.17) is 0 Å². The van der Waals surface area contributed by atoms with Gasteiger partial charge in [0.05, 0.1) is 5.03 Å². The van der Waals surface area contributed by atoms with E-state index in [2.05, 4.69) is 42.6 Å². The minimum Gasteiger partial charge on any atom is -0.320 e. The summed E-state index contributed by atoms with van der Waals surface area (Å²) in [6.45, 7) is 0. The second-order valence-corrected chi connectivity index (χ2v) is 3.47. The van der Waals surface area contributed by atoms with Gasteiger partial charge in [-0.15, -0.1) is 37.9 Å². The number of hydrogen-bond acceptors (Lipinski definition) is 5. The van der Waals surface area contributed by atoms with Crippen molar-refractivity contribution in [3.8, 4) is 0 Å². The van der Waals surface area contributed by atoms with E-state index >= 15 is 0 Å². The summed E-state index contributed by atoms with van der Waals surface area (Å²) in [6.07, 6.45) is 0. The maximum Gasteiger partial charge on any atom is 0.0899 e. The highest BCUT2D eigenvalue weighted by Gasteiger charge is 2.05. The number of rotatable bonds is 0. The summed E-state index contributed by atoms with van der Waals surface area (Å²) in [5.41, 5.74) is 0. The molecule has 1 heterocycles. The Morgan fingerprint density at radius 2 is 2.00 bits per heavy atom. The van der Waals surface area contributed by atoms with Gasteiger partial charge in [-0.1, -0.05) is 0 Å². The maximum atomic E-state index is 4.13. The van der Waals surface area contributed by atoms with Crippen molar-refractivity contribution in [3.63, 3.8) is 0 Å². The predicted molar refractivity (Wildman–Crippen MR) is 52.8 cm³/mol. The molecule has 0 radical (unpaired) electrons. The molecule has 1 rings (SSSR count). The van der Waals surface area contributed by atoms with Crippen LogP contribution in [0.5, 0.6) is 0 Å². The van der Waals surface area contributed by atoms with Crippen LogP contribution < -0.4 is 4.72 Å². The highest BCUT2D eigenvalue weighted by Crippen LogP contribution is 2.29. The Kier molecular flexibility index (Phi) is 2.75. The number of thiol groups is 3. The fourth-order valence-corrected chi connectivity index (χ4v) is 1.79. The van der Waals surface area contributed by atoms with Gasteiger partial charge in [-0.25, -0.2) is 0 Å². The van der Waals surface area contributed by atoms with Crippen molar-refractivity contribution in [2.45, 2.75) is 0 Å². The van der Waals surface area contributed by atoms with Crippen LogP contribution in [-0.4, -0.2) is 0 Å². The van der Waals surface area contributed by atoms with Crippen LogP contribution in [0.2, 0.25) is 0 Å². The second kappa shape index (κ2) is 3.18. The van der Waals surface area contributed by atoms with E-state index in [1.54, 1.807) is 0 Å². The molecule has 1 N–H and O–H groups in total. The molecule has 0 aromatic heterocycles. The van der Waals surface area contributed by atoms with Gasteiger partial charge in [0.2, 0.25) is 0 Å². The van der Waals surface area contributed by atoms with Crippen LogP contribution >= 0.6 is 49.8 Å². The normalized spacial score (nSPS) is 19.2. The van der Waals surface area contributed by atoms with E-state index in [0.717, 1.165) is 14.8 Å². The van der Waals surface area contributed by atoms with Crippen LogP contribution in [0, 0.1) is 0 Å². The zero-order valence-electron chi connectivity index (χ0n) is 4.33. The number of nitrogens with one attached hydrogen (secondary N) is 1. The van der Waals surface area contributed by atoms with Gasteiger partial charge in [0.1, 0.15) is 0 Å². The molecule has 0 aromatic carbocycles. The molecular formula is C4H5NS4. The molecule has 0 saturated heterocycles. The van der Waals surface area contributed by atoms with Crippen LogP contribution in [-0.2, 0) is 0 Å². The molecule has 0 aliphatic carbocycles. The third kappa shape index (κ3) is 1.80. The van der Waals surface area contributed by atoms with Crippen LogP contribution in [0.4, 0.5) is 0 Å². The fourth-order valence-electron chi connectivity index (χ4n) is 0.367. The lowest BCUT2D eigenvalue weighted by Crippen LogP contribution is -2.01. The predicted octanol–water partition coefficient (Wildman–Crippen LogP) is 2.04. The molecule has 50 valence electrons. The Morgan fingerprint density at radius 3 is 2.44 bits per heavy atom. The first kappa shape index (κ1) is 7.78. The van der Waals surface area contributed by atoms with Crippen molar-refractivity contribution in [1.82, 2.24) is 4.72 Å². The third-order valence-corrected chi connectivity index (χ3v) is 3.30. The first-order chi connectivity index (χ1) is 4.22. The Balaban J connectivity index is 2.88. The molecule has 0 aromatic rings. The number of hydrogen-bond donors (Lipinski definition) is 4. The highest BCUT2D eigenvalue weighted by molar-refractivity contribution is 8.03. The lowest BCUT2D eigenvalue weighted by atomic mass is 10.6. The second-order valence-electron chi connectivity index (χ2n) is 1.42. The molecule has 1 aliphatic rings. The van der Waals surface area contributed by atoms with Crippen molar-refractivity contribution in [2.75, 3.05) is 0 Å². The van der Waals surface area contributed by atoms with Crippen LogP contribution in [0.1, 0.15) is 0 Å². The molecule has 1 aliphatic heterocycles. The van der Waals surface area contributed by atoms with Crippen molar-refractivity contribution in [1.29, 1.82) is 0 Å². The Bertz CT molecular complexity index is 183. The third-order valence-electron chi connectivity index (χ3n) is 0.793. The van der Waals surface area contributed by atoms with Crippen molar-refractivity contribution in [3.05, 3.63) is 20.2 Å². The lowest BCUT2D eigenvalue weighted by molar-refractivity contribution is 1.37. The lowest BCUT2D eigenvalue weighted by Gasteiger charge is -2.11. The Hall–Kier alpha value is 0.680. The first-order valence-corrected chi connectivity index (χ1v) is 4.37. The molecule has 0 spiro atoms. The summed E-state index contributed by atoms with van der Waals surface area (Å²) in [7, 11) is 0. The summed E-state index contributed by atoms with van der Waals surface area (Å²) < 4.78 is 2.92. The minimum absolute atomic E-state index is 0.760. The molecule has 1 nitrogen and oxygen atoms in total. The van der Waals surface area contributed by atoms with Gasteiger partial charge < -0.3 is 4.72 Å². The standard InChI is InChI=1S/C4H5NS4/c6-2-1-9-5-4(8)3(2)7/h1,5-8H. The van der Waals surface area contributed by atoms with Gasteiger partial charge in [0.15, 0.2) is 0 Å². The van der Waals surface area contributed by atoms with E-state index in [1.807, 2.05) is 5.41 Å². The molecule has 0 saturated carbocycles. The largest absolute Gasteiger partial charge is 0.320 e. The van der Waals surface area contributed by atoms with Crippen molar-refractivity contribution >= 4 is 49.8 Å². The molecule has 0 bridgehead atoms. The van der Waals surface area contributed by atoms with Gasteiger partial charge in [0.25, 0.3) is 0 Å². The topological polar surface area (TPSA) is 12.0 Å². The van der Waals surface area contributed by atoms with Crippen molar-refractivity contribution < 1.29 is 0 Å². The van der Waals surface area contributed by atoms with Crippen LogP contribution in [0.25, 0.3) is 0 Å². The summed E-state index contributed by atoms with van der Waals surface area (Å²) in [6, 6.07) is 0. The fraction of sp³-hybridized carbons (Fsp3) is 0. The van der Waals surface area contributed by atoms with E-state index < -0.39 is 0 Å². The quantitative estimate of drug-likeness (QED) is 0.349. The van der Waals surface area contributed by atoms with E-state index in [1.165, 1.54) is 11.9 Å². The zero-order chi connectivity index (χ0) is 6.85. The first-order valence-electron chi connectivity index (χ1n) is 2.15. The van der Waals surface area contributed by atoms with Gasteiger partial charge in [-0.2, -0.15) is 0 Å². The van der Waals surface area contributed by atoms with E-state index in [0.29, 0.717) is 0 Å². The van der Waals surface area contributed by atoms with Crippen LogP contribution in [0.15, 0.2) is 20.2 Å². The van der Waals surface area contributed by atoms with Gasteiger partial charge in [-0.3, -0.25) is 0 Å². The molecule has 0 unspecified atom stereocenters. The molecule has 9 heavy (non-hydrogen) atoms. The molecule has 0 amide bonds. The maximum absolute atomic E-state index is 4.13. The van der Waals surface area contributed by atoms with Crippen molar-refractivity contribution in [2.24, 2.45) is 0 Å². The van der Waals surface area contributed by atoms with Crippen LogP contribution in [0.3, 0.4) is 0 Å². The molecule has 0 fully saturated rings. The smallest absolute Gasteiger partial charge is 0.0899 e. The highest BCUT2D eigenvalue weighted by atomic mass is 32.2. The zero-order valence-corrected chi connectivity index (χ0v) is 7.83. The van der Waals surface area contributed by atoms with E-state index in [9.17, 15) is 0 Å². The van der Waals surface area contributed by atoms with Gasteiger partial charge in [-0.05, 0) is 11.9 Å². The summed E-state index contributed by atoms with van der Waals surface area (Å²) in [5, 5.41) is 2.63. The minimum atomic E-state index is 0.760. The summed E-state index contributed by atoms with van der Waals surface area (Å²) in [4.78, 5) is 1.65. The average molecular weight is 195 g/mol. The SMILES string of the molecule is SC1=CSNC(S)=C1S. The van der Waals surface area contributed by atoms with Gasteiger partial charge in [0, 0.05) is 15.2 Å². The Morgan fingerprint density at radius 1 is 1.33 bits per heavy atom. The van der Waals surface area contributed by atoms with E-state index in [-0.39, 0.29) is 0 Å². The van der Waals surface area contributed by atoms with Gasteiger partial charge >= 0.3 is 0 Å². The molecule has 0 atom stereocenters. The molecule has 5 heteroatoms. The summed E-state index contributed by atoms with van der Waals surface area (Å²) >= 11 is 13.8. The molecular weight excluding hydrogens is 190 g/mol.